The molecule has 3 aromatic rings. The van der Waals surface area contributed by atoms with Crippen LogP contribution >= 0.6 is 23.2 Å². The summed E-state index contributed by atoms with van der Waals surface area (Å²) in [7, 11) is 0. The summed E-state index contributed by atoms with van der Waals surface area (Å²) in [5.41, 5.74) is 2.93. The second-order valence-electron chi connectivity index (χ2n) is 4.62. The van der Waals surface area contributed by atoms with E-state index in [9.17, 15) is 0 Å². The number of rotatable bonds is 3. The molecule has 0 bridgehead atoms. The summed E-state index contributed by atoms with van der Waals surface area (Å²) in [4.78, 5) is 8.16. The molecule has 1 heterocycles. The van der Waals surface area contributed by atoms with Crippen LogP contribution in [0.1, 0.15) is 22.6 Å². The number of hydrogen-bond donors (Lipinski definition) is 0. The van der Waals surface area contributed by atoms with Gasteiger partial charge in [-0.1, -0.05) is 83.9 Å². The normalized spacial score (nSPS) is 10.8. The van der Waals surface area contributed by atoms with Gasteiger partial charge in [0, 0.05) is 11.5 Å². The fourth-order valence-electron chi connectivity index (χ4n) is 2.41. The first-order valence-electron chi connectivity index (χ1n) is 6.53. The molecule has 0 fully saturated rings. The third-order valence-electron chi connectivity index (χ3n) is 3.34. The molecule has 2 aromatic carbocycles. The van der Waals surface area contributed by atoms with E-state index in [4.69, 9.17) is 23.2 Å². The maximum Gasteiger partial charge on any atom is 0.138 e. The third kappa shape index (κ3) is 2.92. The molecule has 0 N–H and O–H groups in total. The summed E-state index contributed by atoms with van der Waals surface area (Å²) in [6.07, 6.45) is 1.38. The lowest BCUT2D eigenvalue weighted by Gasteiger charge is -2.20. The zero-order valence-electron chi connectivity index (χ0n) is 11.1. The van der Waals surface area contributed by atoms with Crippen molar-refractivity contribution in [3.8, 4) is 0 Å². The van der Waals surface area contributed by atoms with Gasteiger partial charge in [-0.15, -0.1) is 0 Å². The lowest BCUT2D eigenvalue weighted by molar-refractivity contribution is 0.941. The van der Waals surface area contributed by atoms with Crippen LogP contribution in [0.15, 0.2) is 67.0 Å². The Labute approximate surface area is 133 Å². The van der Waals surface area contributed by atoms with Crippen molar-refractivity contribution in [2.24, 2.45) is 0 Å². The molecule has 0 saturated carbocycles. The molecule has 0 unspecified atom stereocenters. The van der Waals surface area contributed by atoms with E-state index in [1.54, 1.807) is 0 Å². The van der Waals surface area contributed by atoms with E-state index in [2.05, 4.69) is 34.2 Å². The SMILES string of the molecule is Clc1ncnc(Cl)c1C(c1ccccc1)c1ccccc1. The van der Waals surface area contributed by atoms with Gasteiger partial charge in [-0.05, 0) is 11.1 Å². The Morgan fingerprint density at radius 2 is 1.10 bits per heavy atom. The molecule has 0 aliphatic heterocycles. The average Bonchev–Trinajstić information content (AvgIpc) is 2.53. The number of aromatic nitrogens is 2. The first-order valence-corrected chi connectivity index (χ1v) is 7.28. The molecule has 0 saturated heterocycles. The van der Waals surface area contributed by atoms with Gasteiger partial charge in [0.05, 0.1) is 0 Å². The Balaban J connectivity index is 2.23. The first-order chi connectivity index (χ1) is 10.3. The second kappa shape index (κ2) is 6.25. The molecule has 1 aromatic heterocycles. The van der Waals surface area contributed by atoms with E-state index >= 15 is 0 Å². The third-order valence-corrected chi connectivity index (χ3v) is 3.94. The van der Waals surface area contributed by atoms with Crippen LogP contribution in [0.3, 0.4) is 0 Å². The zero-order valence-corrected chi connectivity index (χ0v) is 12.6. The highest BCUT2D eigenvalue weighted by molar-refractivity contribution is 6.34. The minimum atomic E-state index is -0.0893. The molecule has 4 heteroatoms. The van der Waals surface area contributed by atoms with E-state index in [-0.39, 0.29) is 5.92 Å². The Bertz CT molecular complexity index is 671. The lowest BCUT2D eigenvalue weighted by Crippen LogP contribution is -2.06. The minimum Gasteiger partial charge on any atom is -0.224 e. The number of hydrogen-bond acceptors (Lipinski definition) is 2. The molecule has 104 valence electrons. The van der Waals surface area contributed by atoms with Crippen molar-refractivity contribution in [3.63, 3.8) is 0 Å². The summed E-state index contributed by atoms with van der Waals surface area (Å²) in [5, 5.41) is 0.764. The van der Waals surface area contributed by atoms with Crippen LogP contribution in [0.4, 0.5) is 0 Å². The maximum atomic E-state index is 6.29. The van der Waals surface area contributed by atoms with Crippen LogP contribution in [0, 0.1) is 0 Å². The smallest absolute Gasteiger partial charge is 0.138 e. The fourth-order valence-corrected chi connectivity index (χ4v) is 2.94. The molecule has 0 atom stereocenters. The van der Waals surface area contributed by atoms with Gasteiger partial charge < -0.3 is 0 Å². The molecule has 0 spiro atoms. The average molecular weight is 315 g/mol. The Morgan fingerprint density at radius 1 is 0.667 bits per heavy atom. The second-order valence-corrected chi connectivity index (χ2v) is 5.34. The Hall–Kier alpha value is -1.90. The largest absolute Gasteiger partial charge is 0.224 e. The van der Waals surface area contributed by atoms with Gasteiger partial charge in [-0.3, -0.25) is 0 Å². The topological polar surface area (TPSA) is 25.8 Å². The highest BCUT2D eigenvalue weighted by Crippen LogP contribution is 2.37. The zero-order chi connectivity index (χ0) is 14.7. The van der Waals surface area contributed by atoms with Gasteiger partial charge in [0.25, 0.3) is 0 Å². The molecule has 3 rings (SSSR count). The van der Waals surface area contributed by atoms with Crippen molar-refractivity contribution >= 4 is 23.2 Å². The molecular formula is C17H12Cl2N2. The summed E-state index contributed by atoms with van der Waals surface area (Å²) >= 11 is 12.6. The predicted octanol–water partition coefficient (Wildman–Crippen LogP) is 4.96. The molecule has 0 amide bonds. The molecule has 21 heavy (non-hydrogen) atoms. The summed E-state index contributed by atoms with van der Waals surface area (Å²) in [6, 6.07) is 20.2. The van der Waals surface area contributed by atoms with E-state index in [1.807, 2.05) is 36.4 Å². The van der Waals surface area contributed by atoms with Crippen molar-refractivity contribution in [2.75, 3.05) is 0 Å². The van der Waals surface area contributed by atoms with Crippen molar-refractivity contribution in [1.29, 1.82) is 0 Å². The summed E-state index contributed by atoms with van der Waals surface area (Å²) < 4.78 is 0. The molecule has 2 nitrogen and oxygen atoms in total. The lowest BCUT2D eigenvalue weighted by atomic mass is 9.86. The number of benzene rings is 2. The van der Waals surface area contributed by atoms with Crippen LogP contribution in [0.25, 0.3) is 0 Å². The van der Waals surface area contributed by atoms with Crippen LogP contribution in [-0.4, -0.2) is 9.97 Å². The van der Waals surface area contributed by atoms with Gasteiger partial charge in [-0.2, -0.15) is 0 Å². The first kappa shape index (κ1) is 14.1. The highest BCUT2D eigenvalue weighted by atomic mass is 35.5. The van der Waals surface area contributed by atoms with Crippen molar-refractivity contribution in [2.45, 2.75) is 5.92 Å². The van der Waals surface area contributed by atoms with Gasteiger partial charge in [0.2, 0.25) is 0 Å². The van der Waals surface area contributed by atoms with Gasteiger partial charge >= 0.3 is 0 Å². The molecule has 0 aliphatic carbocycles. The quantitative estimate of drug-likeness (QED) is 0.638. The van der Waals surface area contributed by atoms with Crippen LogP contribution < -0.4 is 0 Å². The summed E-state index contributed by atoms with van der Waals surface area (Å²) in [6.45, 7) is 0. The van der Waals surface area contributed by atoms with Crippen molar-refractivity contribution in [3.05, 3.63) is 94.0 Å². The van der Waals surface area contributed by atoms with Crippen LogP contribution in [0.2, 0.25) is 10.3 Å². The maximum absolute atomic E-state index is 6.29. The number of halogens is 2. The van der Waals surface area contributed by atoms with E-state index in [1.165, 1.54) is 6.33 Å². The number of nitrogens with zero attached hydrogens (tertiary/aromatic N) is 2. The summed E-state index contributed by atoms with van der Waals surface area (Å²) in [5.74, 6) is -0.0893. The standard InChI is InChI=1S/C17H12Cl2N2/c18-16-15(17(19)21-11-20-16)14(12-7-3-1-4-8-12)13-9-5-2-6-10-13/h1-11,14H. The van der Waals surface area contributed by atoms with Crippen molar-refractivity contribution in [1.82, 2.24) is 9.97 Å². The molecular weight excluding hydrogens is 303 g/mol. The highest BCUT2D eigenvalue weighted by Gasteiger charge is 2.23. The Kier molecular flexibility index (Phi) is 4.18. The van der Waals surface area contributed by atoms with E-state index in [0.717, 1.165) is 16.7 Å². The van der Waals surface area contributed by atoms with Gasteiger partial charge in [0.15, 0.2) is 0 Å². The monoisotopic (exact) mass is 314 g/mol. The Morgan fingerprint density at radius 3 is 1.52 bits per heavy atom. The van der Waals surface area contributed by atoms with E-state index < -0.39 is 0 Å². The van der Waals surface area contributed by atoms with Crippen molar-refractivity contribution < 1.29 is 0 Å². The molecule has 0 radical (unpaired) electrons. The fraction of sp³-hybridized carbons (Fsp3) is 0.0588. The van der Waals surface area contributed by atoms with E-state index in [0.29, 0.717) is 10.3 Å². The predicted molar refractivity (Wildman–Crippen MR) is 85.9 cm³/mol. The van der Waals surface area contributed by atoms with Gasteiger partial charge in [-0.25, -0.2) is 9.97 Å². The van der Waals surface area contributed by atoms with Crippen LogP contribution in [-0.2, 0) is 0 Å². The van der Waals surface area contributed by atoms with Crippen LogP contribution in [0.5, 0.6) is 0 Å². The minimum absolute atomic E-state index is 0.0893. The van der Waals surface area contributed by atoms with Gasteiger partial charge in [0.1, 0.15) is 16.6 Å². The molecule has 0 aliphatic rings.